The molecule has 1 aromatic rings. The minimum absolute atomic E-state index is 0.213. The van der Waals surface area contributed by atoms with Gasteiger partial charge < -0.3 is 66.7 Å². The van der Waals surface area contributed by atoms with Crippen molar-refractivity contribution in [3.63, 3.8) is 0 Å². The Hall–Kier alpha value is -5.87. The van der Waals surface area contributed by atoms with E-state index in [0.29, 0.717) is 51.6 Å². The van der Waals surface area contributed by atoms with Gasteiger partial charge in [-0.2, -0.15) is 0 Å². The van der Waals surface area contributed by atoms with Crippen LogP contribution in [-0.2, 0) is 44.8 Å². The topological polar surface area (TPSA) is 408 Å². The van der Waals surface area contributed by atoms with Gasteiger partial charge in [0.05, 0.1) is 0 Å². The zero-order valence-electron chi connectivity index (χ0n) is 33.6. The molecule has 0 fully saturated rings. The highest BCUT2D eigenvalue weighted by Gasteiger charge is 2.18. The third kappa shape index (κ3) is 36.9. The molecule has 1 aromatic carbocycles. The molecule has 0 aliphatic heterocycles. The quantitative estimate of drug-likeness (QED) is 0.0398. The van der Waals surface area contributed by atoms with Crippen LogP contribution >= 0.6 is 0 Å². The third-order valence-corrected chi connectivity index (χ3v) is 7.03. The molecule has 22 heteroatoms. The first-order valence-corrected chi connectivity index (χ1v) is 18.1. The van der Waals surface area contributed by atoms with Gasteiger partial charge in [-0.15, -0.1) is 0 Å². The van der Waals surface area contributed by atoms with E-state index in [9.17, 15) is 43.2 Å². The molecule has 0 unspecified atom stereocenters. The first-order chi connectivity index (χ1) is 26.5. The number of primary amides is 5. The summed E-state index contributed by atoms with van der Waals surface area (Å²) in [4.78, 5) is 96.7. The first kappa shape index (κ1) is 55.5. The van der Waals surface area contributed by atoms with Gasteiger partial charge in [0.25, 0.3) is 0 Å². The summed E-state index contributed by atoms with van der Waals surface area (Å²) in [5.74, 6) is -3.17. The summed E-state index contributed by atoms with van der Waals surface area (Å²) in [6.07, 6.45) is 4.37. The second-order valence-corrected chi connectivity index (χ2v) is 12.5. The average Bonchev–Trinajstić information content (AvgIpc) is 3.09. The molecular formula is C35H65N13O9. The van der Waals surface area contributed by atoms with Crippen molar-refractivity contribution in [3.8, 4) is 0 Å². The van der Waals surface area contributed by atoms with Crippen molar-refractivity contribution in [2.75, 3.05) is 13.1 Å². The van der Waals surface area contributed by atoms with Crippen molar-refractivity contribution >= 4 is 53.3 Å². The third-order valence-electron chi connectivity index (χ3n) is 7.03. The normalized spacial score (nSPS) is 12.0. The van der Waals surface area contributed by atoms with E-state index in [1.165, 1.54) is 27.7 Å². The van der Waals surface area contributed by atoms with Crippen LogP contribution in [0.3, 0.4) is 0 Å². The Bertz CT molecular complexity index is 1400. The summed E-state index contributed by atoms with van der Waals surface area (Å²) in [5.41, 5.74) is 36.7. The maximum atomic E-state index is 11.0. The summed E-state index contributed by atoms with van der Waals surface area (Å²) < 4.78 is 0. The lowest BCUT2D eigenvalue weighted by Crippen LogP contribution is -2.47. The van der Waals surface area contributed by atoms with Gasteiger partial charge in [0.15, 0.2) is 0 Å². The van der Waals surface area contributed by atoms with Crippen molar-refractivity contribution in [1.29, 1.82) is 0 Å². The number of rotatable bonds is 22. The predicted octanol–water partition coefficient (Wildman–Crippen LogP) is -3.64. The fourth-order valence-electron chi connectivity index (χ4n) is 4.41. The summed E-state index contributed by atoms with van der Waals surface area (Å²) in [7, 11) is 0. The number of amides is 10. The van der Waals surface area contributed by atoms with Gasteiger partial charge in [-0.1, -0.05) is 50.1 Å². The Kier molecular flexibility index (Phi) is 32.6. The van der Waals surface area contributed by atoms with Gasteiger partial charge in [-0.25, -0.2) is 4.79 Å². The lowest BCUT2D eigenvalue weighted by Gasteiger charge is -2.14. The first-order valence-electron chi connectivity index (χ1n) is 18.1. The Labute approximate surface area is 333 Å². The van der Waals surface area contributed by atoms with E-state index < -0.39 is 60.1 Å². The molecule has 0 aliphatic rings. The van der Waals surface area contributed by atoms with Crippen LogP contribution in [0.2, 0.25) is 0 Å². The number of hydrogen-bond donors (Lipinski definition) is 13. The smallest absolute Gasteiger partial charge is 0.312 e. The Morgan fingerprint density at radius 1 is 0.526 bits per heavy atom. The number of unbranched alkanes of at least 4 members (excludes halogenated alkanes) is 1. The largest absolute Gasteiger partial charge is 0.368 e. The maximum absolute atomic E-state index is 11.0. The Morgan fingerprint density at radius 2 is 0.877 bits per heavy atom. The number of urea groups is 1. The van der Waals surface area contributed by atoms with Crippen LogP contribution < -0.4 is 72.0 Å². The molecule has 20 N–H and O–H groups in total. The van der Waals surface area contributed by atoms with E-state index in [4.69, 9.17) is 40.1 Å². The van der Waals surface area contributed by atoms with Crippen LogP contribution in [0.1, 0.15) is 85.1 Å². The van der Waals surface area contributed by atoms with Crippen LogP contribution in [0.5, 0.6) is 0 Å². The highest BCUT2D eigenvalue weighted by molar-refractivity contribution is 5.87. The van der Waals surface area contributed by atoms with Crippen LogP contribution in [-0.4, -0.2) is 96.8 Å². The van der Waals surface area contributed by atoms with Crippen molar-refractivity contribution in [1.82, 2.24) is 31.9 Å². The molecule has 1 rings (SSSR count). The Morgan fingerprint density at radius 3 is 1.19 bits per heavy atom. The summed E-state index contributed by atoms with van der Waals surface area (Å²) in [6.45, 7) is 8.32. The van der Waals surface area contributed by atoms with Gasteiger partial charge in [-0.3, -0.25) is 43.7 Å². The number of nitrogens with one attached hydrogen (secondary N) is 6. The maximum Gasteiger partial charge on any atom is 0.312 e. The van der Waals surface area contributed by atoms with E-state index in [-0.39, 0.29) is 23.6 Å². The van der Waals surface area contributed by atoms with E-state index in [1.54, 1.807) is 0 Å². The van der Waals surface area contributed by atoms with Crippen LogP contribution in [0.15, 0.2) is 30.3 Å². The number of carbonyl (C=O) groups excluding carboxylic acids is 9. The number of hydrogen-bond acceptors (Lipinski definition) is 12. The molecular weight excluding hydrogens is 746 g/mol. The lowest BCUT2D eigenvalue weighted by atomic mass is 10.1. The van der Waals surface area contributed by atoms with Crippen LogP contribution in [0, 0.1) is 0 Å². The monoisotopic (exact) mass is 812 g/mol. The number of nitrogens with two attached hydrogens (primary N) is 7. The minimum Gasteiger partial charge on any atom is -0.368 e. The van der Waals surface area contributed by atoms with Crippen molar-refractivity contribution < 1.29 is 43.2 Å². The zero-order chi connectivity index (χ0) is 44.5. The second-order valence-electron chi connectivity index (χ2n) is 12.5. The fraction of sp³-hybridized carbons (Fsp3) is 0.571. The van der Waals surface area contributed by atoms with Gasteiger partial charge in [0.1, 0.15) is 30.5 Å². The molecule has 0 aromatic heterocycles. The lowest BCUT2D eigenvalue weighted by molar-refractivity contribution is -0.126. The molecule has 0 spiro atoms. The molecule has 0 radical (unpaired) electrons. The van der Waals surface area contributed by atoms with Crippen molar-refractivity contribution in [2.45, 2.75) is 116 Å². The molecule has 0 saturated carbocycles. The molecule has 0 aliphatic carbocycles. The van der Waals surface area contributed by atoms with Gasteiger partial charge in [0.2, 0.25) is 47.3 Å². The van der Waals surface area contributed by atoms with Crippen molar-refractivity contribution in [3.05, 3.63) is 35.9 Å². The van der Waals surface area contributed by atoms with Gasteiger partial charge >= 0.3 is 6.03 Å². The zero-order valence-corrected chi connectivity index (χ0v) is 33.6. The highest BCUT2D eigenvalue weighted by Crippen LogP contribution is 2.03. The number of carbonyl (C=O) groups is 9. The Balaban J connectivity index is -0.000000685. The molecule has 0 bridgehead atoms. The fourth-order valence-corrected chi connectivity index (χ4v) is 4.41. The molecule has 0 heterocycles. The molecule has 0 saturated heterocycles. The molecule has 10 amide bonds. The average molecular weight is 812 g/mol. The molecule has 4 atom stereocenters. The number of benzene rings is 1. The molecule has 57 heavy (non-hydrogen) atoms. The minimum atomic E-state index is -0.697. The van der Waals surface area contributed by atoms with Gasteiger partial charge in [-0.05, 0) is 44.2 Å². The van der Waals surface area contributed by atoms with Gasteiger partial charge in [0, 0.05) is 40.7 Å². The van der Waals surface area contributed by atoms with E-state index >= 15 is 0 Å². The summed E-state index contributed by atoms with van der Waals surface area (Å²) >= 11 is 0. The highest BCUT2D eigenvalue weighted by atomic mass is 16.2. The standard InChI is InChI=1S/C11H14N2O2.C8H19N5O2.C8H16N4O3.C8H16N2O2/c1-8(14)13-10(11(12)15)7-9-5-3-2-4-6-9;1-5(14)13-6(7(9)15)3-2-4-12-8(10)11;1-5(13)12-6(7(9)14)3-2-4-11-8(10)15;1-3-4-5-7(8(9)12)10-6(2)11/h2-6,10H,7H2,1H3,(H2,12,15)(H,13,14);6,8,12H,2-4,10-11H2,1H3,(H2,9,15)(H,13,14);6H,2-4H2,1H3,(H2,9,14)(H,12,13)(H3,10,11,15);7H,3-5H2,1-2H3,(H2,9,12)(H,10,11)/t10-;2*6-;7-/m0000/s1. The second kappa shape index (κ2) is 33.5. The summed E-state index contributed by atoms with van der Waals surface area (Å²) in [5, 5.41) is 15.0. The van der Waals surface area contributed by atoms with Crippen LogP contribution in [0.4, 0.5) is 4.79 Å². The summed E-state index contributed by atoms with van der Waals surface area (Å²) in [6, 6.07) is 6.34. The molecule has 22 nitrogen and oxygen atoms in total. The SMILES string of the molecule is CC(=O)N[C@@H](CCCNC(N)=O)C(N)=O.CC(=O)N[C@@H](CCCNC(N)N)C(N)=O.CC(=O)N[C@@H](Cc1ccccc1)C(N)=O.CCCC[C@H](NC(C)=O)C(N)=O. The molecule has 324 valence electrons. The van der Waals surface area contributed by atoms with E-state index in [0.717, 1.165) is 18.4 Å². The predicted molar refractivity (Wildman–Crippen MR) is 213 cm³/mol. The van der Waals surface area contributed by atoms with E-state index in [2.05, 4.69) is 31.9 Å². The van der Waals surface area contributed by atoms with Crippen molar-refractivity contribution in [2.24, 2.45) is 40.1 Å². The van der Waals surface area contributed by atoms with E-state index in [1.807, 2.05) is 37.3 Å². The van der Waals surface area contributed by atoms with Crippen LogP contribution in [0.25, 0.3) is 0 Å².